The van der Waals surface area contributed by atoms with Crippen LogP contribution in [0.2, 0.25) is 0 Å². The first-order valence-electron chi connectivity index (χ1n) is 10.9. The second-order valence-corrected chi connectivity index (χ2v) is 8.14. The van der Waals surface area contributed by atoms with Crippen molar-refractivity contribution < 1.29 is 13.6 Å². The van der Waals surface area contributed by atoms with Gasteiger partial charge >= 0.3 is 0 Å². The molecule has 162 valence electrons. The van der Waals surface area contributed by atoms with Gasteiger partial charge in [-0.2, -0.15) is 0 Å². The number of nitrogens with zero attached hydrogens (tertiary/aromatic N) is 2. The molecular formula is C25H28FN3O2. The molecule has 2 heterocycles. The highest BCUT2D eigenvalue weighted by Crippen LogP contribution is 2.26. The Labute approximate surface area is 182 Å². The molecule has 5 nitrogen and oxygen atoms in total. The molecule has 1 amide bonds. The molecule has 1 N–H and O–H groups in total. The molecule has 1 fully saturated rings. The van der Waals surface area contributed by atoms with Crippen LogP contribution in [0, 0.1) is 5.82 Å². The third kappa shape index (κ3) is 6.01. The highest BCUT2D eigenvalue weighted by atomic mass is 19.1. The predicted octanol–water partition coefficient (Wildman–Crippen LogP) is 5.08. The molecule has 1 aromatic carbocycles. The van der Waals surface area contributed by atoms with Crippen LogP contribution in [-0.4, -0.2) is 21.8 Å². The van der Waals surface area contributed by atoms with Crippen molar-refractivity contribution in [2.45, 2.75) is 57.8 Å². The number of pyridine rings is 1. The molecular weight excluding hydrogens is 393 g/mol. The summed E-state index contributed by atoms with van der Waals surface area (Å²) < 4.78 is 19.6. The largest absolute Gasteiger partial charge is 0.455 e. The number of halogens is 1. The molecule has 31 heavy (non-hydrogen) atoms. The number of furan rings is 1. The lowest BCUT2D eigenvalue weighted by atomic mass is 9.93. The Morgan fingerprint density at radius 2 is 1.90 bits per heavy atom. The van der Waals surface area contributed by atoms with E-state index in [1.807, 2.05) is 24.3 Å². The second kappa shape index (κ2) is 10.4. The van der Waals surface area contributed by atoms with Crippen molar-refractivity contribution >= 4 is 5.91 Å². The first-order valence-corrected chi connectivity index (χ1v) is 10.9. The first kappa shape index (κ1) is 21.2. The lowest BCUT2D eigenvalue weighted by molar-refractivity contribution is 0.0913. The summed E-state index contributed by atoms with van der Waals surface area (Å²) in [6, 6.07) is 14.5. The van der Waals surface area contributed by atoms with Crippen molar-refractivity contribution in [1.82, 2.24) is 15.2 Å². The molecule has 2 aromatic heterocycles. The average Bonchev–Trinajstić information content (AvgIpc) is 3.27. The second-order valence-electron chi connectivity index (χ2n) is 8.14. The maximum absolute atomic E-state index is 13.7. The molecule has 0 bridgehead atoms. The van der Waals surface area contributed by atoms with Crippen LogP contribution in [0.3, 0.4) is 0 Å². The molecule has 0 atom stereocenters. The van der Waals surface area contributed by atoms with Crippen LogP contribution in [0.5, 0.6) is 0 Å². The molecule has 4 rings (SSSR count). The summed E-state index contributed by atoms with van der Waals surface area (Å²) in [6.45, 7) is 1.65. The van der Waals surface area contributed by atoms with E-state index in [2.05, 4.69) is 15.2 Å². The van der Waals surface area contributed by atoms with Gasteiger partial charge in [-0.3, -0.25) is 14.7 Å². The van der Waals surface area contributed by atoms with Crippen LogP contribution in [0.1, 0.15) is 59.5 Å². The van der Waals surface area contributed by atoms with Gasteiger partial charge in [-0.1, -0.05) is 37.5 Å². The minimum atomic E-state index is -0.246. The minimum absolute atomic E-state index is 0.216. The SMILES string of the molecule is O=C(NCc1cccnc1)c1ccc(CN(Cc2cccc(F)c2)C2CCCCC2)o1. The Morgan fingerprint density at radius 3 is 2.68 bits per heavy atom. The number of amides is 1. The predicted molar refractivity (Wildman–Crippen MR) is 117 cm³/mol. The number of hydrogen-bond donors (Lipinski definition) is 1. The summed E-state index contributed by atoms with van der Waals surface area (Å²) in [5.74, 6) is 0.581. The van der Waals surface area contributed by atoms with E-state index in [1.165, 1.54) is 25.3 Å². The fourth-order valence-electron chi connectivity index (χ4n) is 4.19. The van der Waals surface area contributed by atoms with Crippen LogP contribution in [0.15, 0.2) is 65.3 Å². The van der Waals surface area contributed by atoms with Crippen molar-refractivity contribution in [1.29, 1.82) is 0 Å². The molecule has 0 aliphatic heterocycles. The fourth-order valence-corrected chi connectivity index (χ4v) is 4.19. The minimum Gasteiger partial charge on any atom is -0.455 e. The number of hydrogen-bond acceptors (Lipinski definition) is 4. The third-order valence-corrected chi connectivity index (χ3v) is 5.79. The lowest BCUT2D eigenvalue weighted by Gasteiger charge is -2.34. The van der Waals surface area contributed by atoms with Gasteiger partial charge in [0.25, 0.3) is 5.91 Å². The van der Waals surface area contributed by atoms with E-state index in [4.69, 9.17) is 4.42 Å². The zero-order valence-electron chi connectivity index (χ0n) is 17.6. The first-order chi connectivity index (χ1) is 15.2. The summed E-state index contributed by atoms with van der Waals surface area (Å²) >= 11 is 0. The maximum Gasteiger partial charge on any atom is 0.287 e. The van der Waals surface area contributed by atoms with Gasteiger partial charge < -0.3 is 9.73 Å². The van der Waals surface area contributed by atoms with E-state index in [-0.39, 0.29) is 11.7 Å². The van der Waals surface area contributed by atoms with Crippen molar-refractivity contribution in [2.24, 2.45) is 0 Å². The number of benzene rings is 1. The summed E-state index contributed by atoms with van der Waals surface area (Å²) in [4.78, 5) is 18.9. The average molecular weight is 422 g/mol. The molecule has 3 aromatic rings. The van der Waals surface area contributed by atoms with Crippen LogP contribution in [0.4, 0.5) is 4.39 Å². The van der Waals surface area contributed by atoms with Crippen LogP contribution < -0.4 is 5.32 Å². The lowest BCUT2D eigenvalue weighted by Crippen LogP contribution is -2.35. The number of carbonyl (C=O) groups excluding carboxylic acids is 1. The third-order valence-electron chi connectivity index (χ3n) is 5.79. The van der Waals surface area contributed by atoms with Gasteiger partial charge in [-0.05, 0) is 54.3 Å². The van der Waals surface area contributed by atoms with Crippen molar-refractivity contribution in [2.75, 3.05) is 0 Å². The van der Waals surface area contributed by atoms with E-state index >= 15 is 0 Å². The van der Waals surface area contributed by atoms with Gasteiger partial charge in [0, 0.05) is 31.5 Å². The normalized spacial score (nSPS) is 14.6. The number of rotatable bonds is 8. The highest BCUT2D eigenvalue weighted by Gasteiger charge is 2.23. The highest BCUT2D eigenvalue weighted by molar-refractivity contribution is 5.91. The van der Waals surface area contributed by atoms with Gasteiger partial charge in [0.1, 0.15) is 11.6 Å². The van der Waals surface area contributed by atoms with Crippen LogP contribution >= 0.6 is 0 Å². The molecule has 0 saturated heterocycles. The summed E-state index contributed by atoms with van der Waals surface area (Å²) in [6.07, 6.45) is 9.39. The van der Waals surface area contributed by atoms with Crippen LogP contribution in [0.25, 0.3) is 0 Å². The Morgan fingerprint density at radius 1 is 1.06 bits per heavy atom. The fraction of sp³-hybridized carbons (Fsp3) is 0.360. The molecule has 0 unspecified atom stereocenters. The molecule has 0 radical (unpaired) electrons. The number of carbonyl (C=O) groups is 1. The van der Waals surface area contributed by atoms with Crippen molar-refractivity contribution in [3.63, 3.8) is 0 Å². The summed E-state index contributed by atoms with van der Waals surface area (Å²) in [5, 5.41) is 2.86. The van der Waals surface area contributed by atoms with Gasteiger partial charge in [0.15, 0.2) is 5.76 Å². The maximum atomic E-state index is 13.7. The zero-order valence-corrected chi connectivity index (χ0v) is 17.6. The smallest absolute Gasteiger partial charge is 0.287 e. The Bertz CT molecular complexity index is 983. The Balaban J connectivity index is 1.41. The van der Waals surface area contributed by atoms with E-state index in [0.29, 0.717) is 31.4 Å². The zero-order chi connectivity index (χ0) is 21.5. The number of nitrogens with one attached hydrogen (secondary N) is 1. The molecule has 1 aliphatic rings. The van der Waals surface area contributed by atoms with Crippen molar-refractivity contribution in [3.8, 4) is 0 Å². The van der Waals surface area contributed by atoms with Gasteiger partial charge in [0.05, 0.1) is 6.54 Å². The van der Waals surface area contributed by atoms with Gasteiger partial charge in [-0.25, -0.2) is 4.39 Å². The monoisotopic (exact) mass is 421 g/mol. The molecule has 0 spiro atoms. The van der Waals surface area contributed by atoms with Gasteiger partial charge in [0.2, 0.25) is 0 Å². The van der Waals surface area contributed by atoms with Crippen LogP contribution in [-0.2, 0) is 19.6 Å². The Kier molecular flexibility index (Phi) is 7.10. The molecule has 6 heteroatoms. The molecule has 1 aliphatic carbocycles. The van der Waals surface area contributed by atoms with E-state index in [9.17, 15) is 9.18 Å². The van der Waals surface area contributed by atoms with E-state index in [0.717, 1.165) is 29.7 Å². The van der Waals surface area contributed by atoms with Crippen molar-refractivity contribution in [3.05, 3.63) is 89.4 Å². The van der Waals surface area contributed by atoms with E-state index in [1.54, 1.807) is 30.6 Å². The standard InChI is InChI=1S/C25H28FN3O2/c26-21-8-4-6-19(14-21)17-29(22-9-2-1-3-10-22)18-23-11-12-24(31-23)25(30)28-16-20-7-5-13-27-15-20/h4-8,11-15,22H,1-3,9-10,16-18H2,(H,28,30). The molecule has 1 saturated carbocycles. The Hall–Kier alpha value is -2.99. The van der Waals surface area contributed by atoms with E-state index < -0.39 is 0 Å². The number of aromatic nitrogens is 1. The quantitative estimate of drug-likeness (QED) is 0.551. The van der Waals surface area contributed by atoms with Gasteiger partial charge in [-0.15, -0.1) is 0 Å². The summed E-state index contributed by atoms with van der Waals surface area (Å²) in [5.41, 5.74) is 1.88. The topological polar surface area (TPSA) is 58.4 Å². The summed E-state index contributed by atoms with van der Waals surface area (Å²) in [7, 11) is 0.